The van der Waals surface area contributed by atoms with Gasteiger partial charge in [0.1, 0.15) is 0 Å². The Morgan fingerprint density at radius 1 is 0.880 bits per heavy atom. The Balaban J connectivity index is 2.21. The van der Waals surface area contributed by atoms with E-state index in [2.05, 4.69) is 0 Å². The molecule has 0 atom stereocenters. The smallest absolute Gasteiger partial charge is 0.185 e. The molecule has 0 aliphatic heterocycles. The standard InChI is InChI=1S/C20H22O5/c1-5-25-20-12-14(7-10-18(20)23-3)6-9-16(21)15-8-11-17(22-2)19(13-15)24-4/h6-13H,5H2,1-4H3/b9-6+. The highest BCUT2D eigenvalue weighted by atomic mass is 16.5. The zero-order valence-corrected chi connectivity index (χ0v) is 14.9. The molecule has 0 aliphatic rings. The number of hydrogen-bond acceptors (Lipinski definition) is 5. The average molecular weight is 342 g/mol. The van der Waals surface area contributed by atoms with Crippen LogP contribution in [0.1, 0.15) is 22.8 Å². The van der Waals surface area contributed by atoms with Crippen LogP contribution in [0.3, 0.4) is 0 Å². The van der Waals surface area contributed by atoms with E-state index in [1.54, 1.807) is 38.5 Å². The van der Waals surface area contributed by atoms with E-state index in [4.69, 9.17) is 18.9 Å². The zero-order valence-electron chi connectivity index (χ0n) is 14.9. The minimum absolute atomic E-state index is 0.130. The number of methoxy groups -OCH3 is 3. The molecule has 132 valence electrons. The molecule has 0 saturated carbocycles. The Kier molecular flexibility index (Phi) is 6.46. The Morgan fingerprint density at radius 3 is 2.16 bits per heavy atom. The Bertz CT molecular complexity index is 765. The summed E-state index contributed by atoms with van der Waals surface area (Å²) in [4.78, 5) is 12.4. The Morgan fingerprint density at radius 2 is 1.52 bits per heavy atom. The number of benzene rings is 2. The van der Waals surface area contributed by atoms with Crippen molar-refractivity contribution in [2.45, 2.75) is 6.92 Å². The molecule has 0 aromatic heterocycles. The minimum atomic E-state index is -0.130. The summed E-state index contributed by atoms with van der Waals surface area (Å²) in [6.45, 7) is 2.44. The molecular formula is C20H22O5. The molecule has 2 aromatic carbocycles. The fourth-order valence-corrected chi connectivity index (χ4v) is 2.32. The van der Waals surface area contributed by atoms with E-state index in [-0.39, 0.29) is 5.78 Å². The summed E-state index contributed by atoms with van der Waals surface area (Å²) < 4.78 is 21.2. The van der Waals surface area contributed by atoms with Crippen molar-refractivity contribution in [1.82, 2.24) is 0 Å². The number of rotatable bonds is 8. The zero-order chi connectivity index (χ0) is 18.2. The molecule has 0 unspecified atom stereocenters. The van der Waals surface area contributed by atoms with Crippen LogP contribution in [-0.2, 0) is 0 Å². The lowest BCUT2D eigenvalue weighted by molar-refractivity contribution is 0.104. The summed E-state index contributed by atoms with van der Waals surface area (Å²) in [6, 6.07) is 10.6. The highest BCUT2D eigenvalue weighted by molar-refractivity contribution is 6.07. The molecule has 0 radical (unpaired) electrons. The molecule has 0 fully saturated rings. The first-order chi connectivity index (χ1) is 12.1. The molecule has 0 saturated heterocycles. The van der Waals surface area contributed by atoms with Gasteiger partial charge in [0, 0.05) is 5.56 Å². The van der Waals surface area contributed by atoms with Crippen molar-refractivity contribution in [3.8, 4) is 23.0 Å². The van der Waals surface area contributed by atoms with Gasteiger partial charge in [-0.25, -0.2) is 0 Å². The predicted octanol–water partition coefficient (Wildman–Crippen LogP) is 4.01. The van der Waals surface area contributed by atoms with Crippen LogP contribution in [0.2, 0.25) is 0 Å². The molecule has 25 heavy (non-hydrogen) atoms. The largest absolute Gasteiger partial charge is 0.493 e. The molecule has 0 bridgehead atoms. The molecule has 0 heterocycles. The van der Waals surface area contributed by atoms with E-state index < -0.39 is 0 Å². The van der Waals surface area contributed by atoms with Crippen molar-refractivity contribution in [3.63, 3.8) is 0 Å². The SMILES string of the molecule is CCOc1cc(/C=C/C(=O)c2ccc(OC)c(OC)c2)ccc1OC. The molecule has 2 rings (SSSR count). The van der Waals surface area contributed by atoms with Gasteiger partial charge in [-0.1, -0.05) is 12.1 Å². The Labute approximate surface area is 147 Å². The van der Waals surface area contributed by atoms with Crippen LogP contribution in [-0.4, -0.2) is 33.7 Å². The van der Waals surface area contributed by atoms with Crippen LogP contribution >= 0.6 is 0 Å². The first-order valence-corrected chi connectivity index (χ1v) is 7.88. The van der Waals surface area contributed by atoms with Crippen molar-refractivity contribution in [2.75, 3.05) is 27.9 Å². The van der Waals surface area contributed by atoms with Crippen LogP contribution in [0, 0.1) is 0 Å². The van der Waals surface area contributed by atoms with E-state index >= 15 is 0 Å². The van der Waals surface area contributed by atoms with Crippen molar-refractivity contribution >= 4 is 11.9 Å². The third kappa shape index (κ3) is 4.53. The second kappa shape index (κ2) is 8.78. The fourth-order valence-electron chi connectivity index (χ4n) is 2.32. The summed E-state index contributed by atoms with van der Waals surface area (Å²) in [5.41, 5.74) is 1.37. The summed E-state index contributed by atoms with van der Waals surface area (Å²) in [5.74, 6) is 2.27. The van der Waals surface area contributed by atoms with Gasteiger partial charge in [-0.15, -0.1) is 0 Å². The van der Waals surface area contributed by atoms with Crippen molar-refractivity contribution in [3.05, 3.63) is 53.6 Å². The number of carbonyl (C=O) groups is 1. The lowest BCUT2D eigenvalue weighted by Gasteiger charge is -2.09. The lowest BCUT2D eigenvalue weighted by atomic mass is 10.1. The van der Waals surface area contributed by atoms with Crippen molar-refractivity contribution in [1.29, 1.82) is 0 Å². The maximum Gasteiger partial charge on any atom is 0.185 e. The highest BCUT2D eigenvalue weighted by Gasteiger charge is 2.09. The third-order valence-electron chi connectivity index (χ3n) is 3.58. The summed E-state index contributed by atoms with van der Waals surface area (Å²) in [7, 11) is 4.68. The van der Waals surface area contributed by atoms with Crippen LogP contribution in [0.4, 0.5) is 0 Å². The quantitative estimate of drug-likeness (QED) is 0.536. The van der Waals surface area contributed by atoms with Gasteiger partial charge in [0.15, 0.2) is 28.8 Å². The number of allylic oxidation sites excluding steroid dienone is 1. The highest BCUT2D eigenvalue weighted by Crippen LogP contribution is 2.29. The van der Waals surface area contributed by atoms with E-state index in [0.717, 1.165) is 5.56 Å². The molecule has 0 spiro atoms. The molecule has 0 amide bonds. The van der Waals surface area contributed by atoms with Gasteiger partial charge in [0.05, 0.1) is 27.9 Å². The van der Waals surface area contributed by atoms with Gasteiger partial charge in [-0.05, 0) is 48.9 Å². The normalized spacial score (nSPS) is 10.6. The fraction of sp³-hybridized carbons (Fsp3) is 0.250. The number of carbonyl (C=O) groups excluding carboxylic acids is 1. The van der Waals surface area contributed by atoms with Crippen LogP contribution in [0.15, 0.2) is 42.5 Å². The van der Waals surface area contributed by atoms with E-state index in [9.17, 15) is 4.79 Å². The molecule has 0 aliphatic carbocycles. The maximum atomic E-state index is 12.4. The number of ketones is 1. The molecule has 5 nitrogen and oxygen atoms in total. The van der Waals surface area contributed by atoms with Crippen LogP contribution in [0.25, 0.3) is 6.08 Å². The maximum absolute atomic E-state index is 12.4. The second-order valence-electron chi connectivity index (χ2n) is 5.11. The number of hydrogen-bond donors (Lipinski definition) is 0. The van der Waals surface area contributed by atoms with Crippen molar-refractivity contribution in [2.24, 2.45) is 0 Å². The molecule has 5 heteroatoms. The third-order valence-corrected chi connectivity index (χ3v) is 3.58. The van der Waals surface area contributed by atoms with E-state index in [1.165, 1.54) is 13.2 Å². The topological polar surface area (TPSA) is 54.0 Å². The second-order valence-corrected chi connectivity index (χ2v) is 5.11. The van der Waals surface area contributed by atoms with Crippen LogP contribution < -0.4 is 18.9 Å². The Hall–Kier alpha value is -2.95. The van der Waals surface area contributed by atoms with Gasteiger partial charge >= 0.3 is 0 Å². The monoisotopic (exact) mass is 342 g/mol. The van der Waals surface area contributed by atoms with Gasteiger partial charge in [0.25, 0.3) is 0 Å². The first kappa shape index (κ1) is 18.4. The summed E-state index contributed by atoms with van der Waals surface area (Å²) in [6.07, 6.45) is 3.25. The van der Waals surface area contributed by atoms with Gasteiger partial charge in [-0.3, -0.25) is 4.79 Å². The van der Waals surface area contributed by atoms with E-state index in [0.29, 0.717) is 35.2 Å². The van der Waals surface area contributed by atoms with Gasteiger partial charge in [0.2, 0.25) is 0 Å². The van der Waals surface area contributed by atoms with Crippen LogP contribution in [0.5, 0.6) is 23.0 Å². The predicted molar refractivity (Wildman–Crippen MR) is 97.1 cm³/mol. The molecule has 2 aromatic rings. The summed E-state index contributed by atoms with van der Waals surface area (Å²) >= 11 is 0. The molecular weight excluding hydrogens is 320 g/mol. The van der Waals surface area contributed by atoms with Gasteiger partial charge in [-0.2, -0.15) is 0 Å². The van der Waals surface area contributed by atoms with E-state index in [1.807, 2.05) is 25.1 Å². The minimum Gasteiger partial charge on any atom is -0.493 e. The summed E-state index contributed by atoms with van der Waals surface area (Å²) in [5, 5.41) is 0. The molecule has 0 N–H and O–H groups in total. The number of ether oxygens (including phenoxy) is 4. The van der Waals surface area contributed by atoms with Gasteiger partial charge < -0.3 is 18.9 Å². The lowest BCUT2D eigenvalue weighted by Crippen LogP contribution is -1.98. The first-order valence-electron chi connectivity index (χ1n) is 7.88. The van der Waals surface area contributed by atoms with Crippen molar-refractivity contribution < 1.29 is 23.7 Å². The average Bonchev–Trinajstić information content (AvgIpc) is 2.65.